The summed E-state index contributed by atoms with van der Waals surface area (Å²) in [5.74, 6) is 0.143. The fourth-order valence-corrected chi connectivity index (χ4v) is 1.13. The van der Waals surface area contributed by atoms with Gasteiger partial charge >= 0.3 is 5.69 Å². The first kappa shape index (κ1) is 10.7. The second kappa shape index (κ2) is 4.38. The van der Waals surface area contributed by atoms with E-state index in [0.717, 1.165) is 12.7 Å². The summed E-state index contributed by atoms with van der Waals surface area (Å²) in [6, 6.07) is 0. The maximum Gasteiger partial charge on any atom is 0.352 e. The average molecular weight is 237 g/mol. The largest absolute Gasteiger partial charge is 0.378 e. The van der Waals surface area contributed by atoms with Crippen LogP contribution < -0.4 is 11.1 Å². The molecule has 0 aliphatic heterocycles. The fourth-order valence-electron chi connectivity index (χ4n) is 1.13. The summed E-state index contributed by atoms with van der Waals surface area (Å²) < 4.78 is 4.51. The fraction of sp³-hybridized carbons (Fsp3) is 0.143. The number of nitrogens with one attached hydrogen (secondary N) is 1. The number of anilines is 2. The highest BCUT2D eigenvalue weighted by molar-refractivity contribution is 5.67. The van der Waals surface area contributed by atoms with Crippen LogP contribution in [0.1, 0.15) is 5.82 Å². The van der Waals surface area contributed by atoms with Gasteiger partial charge in [-0.25, -0.2) is 9.97 Å². The van der Waals surface area contributed by atoms with Crippen molar-refractivity contribution < 1.29 is 9.45 Å². The van der Waals surface area contributed by atoms with Gasteiger partial charge in [-0.3, -0.25) is 10.1 Å². The molecule has 0 fully saturated rings. The summed E-state index contributed by atoms with van der Waals surface area (Å²) in [5.41, 5.74) is 5.01. The standard InChI is InChI=1S/C7H7N7O3/c8-6-5(14(15)16)7(11-2-10-6)9-1-4-12-3-17-13-4/h2-3H,1H2,(H3,8,9,10,11). The molecule has 17 heavy (non-hydrogen) atoms. The molecule has 0 saturated heterocycles. The lowest BCUT2D eigenvalue weighted by atomic mass is 10.4. The first-order chi connectivity index (χ1) is 8.18. The predicted octanol–water partition coefficient (Wildman–Crippen LogP) is -0.0379. The molecule has 0 bridgehead atoms. The van der Waals surface area contributed by atoms with Crippen molar-refractivity contribution in [2.75, 3.05) is 11.1 Å². The van der Waals surface area contributed by atoms with Crippen molar-refractivity contribution in [3.8, 4) is 0 Å². The van der Waals surface area contributed by atoms with Crippen LogP contribution in [0.25, 0.3) is 0 Å². The molecule has 10 nitrogen and oxygen atoms in total. The molecular weight excluding hydrogens is 230 g/mol. The van der Waals surface area contributed by atoms with E-state index in [9.17, 15) is 10.1 Å². The van der Waals surface area contributed by atoms with Crippen LogP contribution in [0, 0.1) is 10.1 Å². The minimum absolute atomic E-state index is 0.00676. The molecule has 0 amide bonds. The lowest BCUT2D eigenvalue weighted by molar-refractivity contribution is -0.383. The third-order valence-electron chi connectivity index (χ3n) is 1.85. The van der Waals surface area contributed by atoms with E-state index in [1.165, 1.54) is 0 Å². The Bertz CT molecular complexity index is 526. The van der Waals surface area contributed by atoms with Crippen molar-refractivity contribution in [2.45, 2.75) is 6.54 Å². The molecular formula is C7H7N7O3. The van der Waals surface area contributed by atoms with E-state index in [-0.39, 0.29) is 23.9 Å². The predicted molar refractivity (Wildman–Crippen MR) is 54.7 cm³/mol. The third kappa shape index (κ3) is 2.25. The number of nitrogen functional groups attached to an aromatic ring is 1. The number of nitro groups is 1. The van der Waals surface area contributed by atoms with Crippen molar-refractivity contribution >= 4 is 17.3 Å². The van der Waals surface area contributed by atoms with Gasteiger partial charge in [0.1, 0.15) is 6.33 Å². The Morgan fingerprint density at radius 2 is 2.29 bits per heavy atom. The average Bonchev–Trinajstić information content (AvgIpc) is 2.78. The molecule has 0 aliphatic carbocycles. The van der Waals surface area contributed by atoms with Crippen molar-refractivity contribution in [1.29, 1.82) is 0 Å². The molecule has 3 N–H and O–H groups in total. The second-order valence-corrected chi connectivity index (χ2v) is 2.91. The second-order valence-electron chi connectivity index (χ2n) is 2.91. The van der Waals surface area contributed by atoms with Gasteiger partial charge in [0.15, 0.2) is 5.82 Å². The topological polar surface area (TPSA) is 146 Å². The van der Waals surface area contributed by atoms with E-state index in [4.69, 9.17) is 5.73 Å². The number of nitrogens with two attached hydrogens (primary N) is 1. The summed E-state index contributed by atoms with van der Waals surface area (Å²) >= 11 is 0. The Balaban J connectivity index is 2.21. The van der Waals surface area contributed by atoms with Crippen LogP contribution in [0.15, 0.2) is 17.2 Å². The lowest BCUT2D eigenvalue weighted by Gasteiger charge is -2.03. The highest BCUT2D eigenvalue weighted by Gasteiger charge is 2.20. The van der Waals surface area contributed by atoms with E-state index in [1.54, 1.807) is 0 Å². The monoisotopic (exact) mass is 237 g/mol. The first-order valence-electron chi connectivity index (χ1n) is 4.42. The molecule has 88 valence electrons. The smallest absolute Gasteiger partial charge is 0.352 e. The van der Waals surface area contributed by atoms with E-state index in [0.29, 0.717) is 5.82 Å². The molecule has 0 spiro atoms. The van der Waals surface area contributed by atoms with Gasteiger partial charge in [-0.05, 0) is 0 Å². The zero-order chi connectivity index (χ0) is 12.3. The molecule has 2 aromatic rings. The van der Waals surface area contributed by atoms with Gasteiger partial charge in [0, 0.05) is 0 Å². The Morgan fingerprint density at radius 1 is 1.47 bits per heavy atom. The van der Waals surface area contributed by atoms with Crippen LogP contribution >= 0.6 is 0 Å². The molecule has 2 aromatic heterocycles. The SMILES string of the molecule is Nc1ncnc(NCc2ncon2)c1[N+](=O)[O-]. The van der Waals surface area contributed by atoms with Crippen molar-refractivity contribution in [3.63, 3.8) is 0 Å². The van der Waals surface area contributed by atoms with E-state index in [2.05, 4.69) is 29.9 Å². The number of hydrogen-bond donors (Lipinski definition) is 2. The number of nitrogens with zero attached hydrogens (tertiary/aromatic N) is 5. The van der Waals surface area contributed by atoms with Gasteiger partial charge in [-0.2, -0.15) is 4.98 Å². The Kier molecular flexibility index (Phi) is 2.77. The lowest BCUT2D eigenvalue weighted by Crippen LogP contribution is -2.08. The maximum atomic E-state index is 10.8. The first-order valence-corrected chi connectivity index (χ1v) is 4.42. The van der Waals surface area contributed by atoms with Crippen LogP contribution in [-0.2, 0) is 6.54 Å². The molecule has 0 unspecified atom stereocenters. The van der Waals surface area contributed by atoms with Gasteiger partial charge in [-0.1, -0.05) is 5.16 Å². The molecule has 0 aromatic carbocycles. The summed E-state index contributed by atoms with van der Waals surface area (Å²) in [4.78, 5) is 21.1. The Morgan fingerprint density at radius 3 is 2.94 bits per heavy atom. The van der Waals surface area contributed by atoms with Crippen molar-refractivity contribution in [1.82, 2.24) is 20.1 Å². The molecule has 10 heteroatoms. The van der Waals surface area contributed by atoms with Crippen molar-refractivity contribution in [2.24, 2.45) is 0 Å². The summed E-state index contributed by atoms with van der Waals surface area (Å²) in [6.45, 7) is 0.133. The quantitative estimate of drug-likeness (QED) is 0.552. The highest BCUT2D eigenvalue weighted by Crippen LogP contribution is 2.26. The van der Waals surface area contributed by atoms with Gasteiger partial charge in [0.2, 0.25) is 18.0 Å². The molecule has 2 rings (SSSR count). The number of hydrogen-bond acceptors (Lipinski definition) is 9. The van der Waals surface area contributed by atoms with Crippen molar-refractivity contribution in [3.05, 3.63) is 28.7 Å². The Hall–Kier alpha value is -2.78. The normalized spacial score (nSPS) is 10.1. The molecule has 2 heterocycles. The van der Waals surface area contributed by atoms with Gasteiger partial charge in [-0.15, -0.1) is 0 Å². The Labute approximate surface area is 94.0 Å². The minimum Gasteiger partial charge on any atom is -0.378 e. The van der Waals surface area contributed by atoms with Crippen LogP contribution in [0.3, 0.4) is 0 Å². The zero-order valence-corrected chi connectivity index (χ0v) is 8.40. The number of rotatable bonds is 4. The summed E-state index contributed by atoms with van der Waals surface area (Å²) in [6.07, 6.45) is 2.28. The van der Waals surface area contributed by atoms with Gasteiger partial charge in [0.25, 0.3) is 0 Å². The highest BCUT2D eigenvalue weighted by atomic mass is 16.6. The summed E-state index contributed by atoms with van der Waals surface area (Å²) in [7, 11) is 0. The van der Waals surface area contributed by atoms with E-state index < -0.39 is 4.92 Å². The van der Waals surface area contributed by atoms with Gasteiger partial charge in [0.05, 0.1) is 11.5 Å². The minimum atomic E-state index is -0.659. The van der Waals surface area contributed by atoms with Gasteiger partial charge < -0.3 is 15.6 Å². The molecule has 0 aliphatic rings. The number of aromatic nitrogens is 4. The van der Waals surface area contributed by atoms with E-state index in [1.807, 2.05) is 0 Å². The maximum absolute atomic E-state index is 10.8. The summed E-state index contributed by atoms with van der Waals surface area (Å²) in [5, 5.41) is 17.0. The molecule has 0 atom stereocenters. The zero-order valence-electron chi connectivity index (χ0n) is 8.40. The third-order valence-corrected chi connectivity index (χ3v) is 1.85. The van der Waals surface area contributed by atoms with Crippen LogP contribution in [0.5, 0.6) is 0 Å². The van der Waals surface area contributed by atoms with Crippen LogP contribution in [0.4, 0.5) is 17.3 Å². The van der Waals surface area contributed by atoms with Crippen LogP contribution in [0.2, 0.25) is 0 Å². The molecule has 0 radical (unpaired) electrons. The van der Waals surface area contributed by atoms with E-state index >= 15 is 0 Å². The molecule has 0 saturated carbocycles. The van der Waals surface area contributed by atoms with Crippen LogP contribution in [-0.4, -0.2) is 25.0 Å².